The number of ether oxygens (including phenoxy) is 3. The van der Waals surface area contributed by atoms with E-state index < -0.39 is 53.2 Å². The molecular formula is C19H21NO8S. The normalized spacial score (nSPS) is 35.9. The first kappa shape index (κ1) is 19.2. The first-order chi connectivity index (χ1) is 13.8. The van der Waals surface area contributed by atoms with Crippen molar-refractivity contribution < 1.29 is 37.0 Å². The molecule has 1 aliphatic carbocycles. The van der Waals surface area contributed by atoms with E-state index >= 15 is 0 Å². The maximum Gasteiger partial charge on any atom is 0.298 e. The largest absolute Gasteiger partial charge is 0.387 e. The molecule has 9 nitrogen and oxygen atoms in total. The second kappa shape index (κ2) is 6.61. The molecule has 5 unspecified atom stereocenters. The van der Waals surface area contributed by atoms with Crippen molar-refractivity contribution in [3.05, 3.63) is 36.4 Å². The molecule has 0 amide bonds. The number of hydrogen-bond donors (Lipinski definition) is 2. The van der Waals surface area contributed by atoms with Crippen LogP contribution in [0, 0.1) is 0 Å². The number of nitrogens with zero attached hydrogens (tertiary/aromatic N) is 1. The molecule has 7 atom stereocenters. The smallest absolute Gasteiger partial charge is 0.298 e. The molecule has 4 aliphatic rings. The fraction of sp³-hybridized carbons (Fsp3) is 0.474. The minimum atomic E-state index is -4.26. The summed E-state index contributed by atoms with van der Waals surface area (Å²) in [4.78, 5) is 1.89. The van der Waals surface area contributed by atoms with Crippen LogP contribution in [0.1, 0.15) is 0 Å². The molecule has 29 heavy (non-hydrogen) atoms. The molecule has 1 saturated carbocycles. The van der Waals surface area contributed by atoms with Crippen molar-refractivity contribution in [2.75, 3.05) is 19.0 Å². The van der Waals surface area contributed by atoms with Gasteiger partial charge in [0.25, 0.3) is 16.6 Å². The molecule has 3 aliphatic heterocycles. The second-order valence-electron chi connectivity index (χ2n) is 7.61. The van der Waals surface area contributed by atoms with E-state index in [1.165, 1.54) is 6.07 Å². The molecule has 4 bridgehead atoms. The molecule has 0 aromatic heterocycles. The SMILES string of the molecule is CN(C)c1cccc2c(S(=O)(=O)OC3[C@@H]4OC5OC(C4O)C(O)[C@@H]3O5)cccc12. The molecule has 2 N–H and O–H groups in total. The van der Waals surface area contributed by atoms with Gasteiger partial charge in [0.2, 0.25) is 0 Å². The highest BCUT2D eigenvalue weighted by molar-refractivity contribution is 7.87. The first-order valence-corrected chi connectivity index (χ1v) is 10.6. The summed E-state index contributed by atoms with van der Waals surface area (Å²) in [6.45, 7) is -1.05. The highest BCUT2D eigenvalue weighted by Gasteiger charge is 2.63. The Bertz CT molecular complexity index is 1040. The van der Waals surface area contributed by atoms with E-state index in [1.807, 2.05) is 31.1 Å². The lowest BCUT2D eigenvalue weighted by atomic mass is 9.83. The Kier molecular flexibility index (Phi) is 4.37. The number of aliphatic hydroxyl groups excluding tert-OH is 2. The summed E-state index contributed by atoms with van der Waals surface area (Å²) in [7, 11) is -0.511. The zero-order chi connectivity index (χ0) is 20.5. The van der Waals surface area contributed by atoms with Crippen molar-refractivity contribution >= 4 is 26.6 Å². The topological polar surface area (TPSA) is 115 Å². The van der Waals surface area contributed by atoms with E-state index in [4.69, 9.17) is 18.4 Å². The molecule has 6 rings (SSSR count). The molecule has 4 fully saturated rings. The highest BCUT2D eigenvalue weighted by atomic mass is 32.2. The van der Waals surface area contributed by atoms with Crippen molar-refractivity contribution in [3.63, 3.8) is 0 Å². The van der Waals surface area contributed by atoms with Crippen LogP contribution in [0.5, 0.6) is 0 Å². The lowest BCUT2D eigenvalue weighted by Crippen LogP contribution is -2.75. The minimum absolute atomic E-state index is 0.00673. The van der Waals surface area contributed by atoms with Crippen LogP contribution in [0.2, 0.25) is 0 Å². The molecule has 10 heteroatoms. The number of hydrogen-bond acceptors (Lipinski definition) is 9. The predicted molar refractivity (Wildman–Crippen MR) is 101 cm³/mol. The molecule has 156 valence electrons. The van der Waals surface area contributed by atoms with Gasteiger partial charge in [-0.05, 0) is 12.1 Å². The first-order valence-electron chi connectivity index (χ1n) is 9.23. The lowest BCUT2D eigenvalue weighted by molar-refractivity contribution is -0.478. The van der Waals surface area contributed by atoms with Gasteiger partial charge >= 0.3 is 0 Å². The van der Waals surface area contributed by atoms with Gasteiger partial charge in [-0.3, -0.25) is 4.18 Å². The quantitative estimate of drug-likeness (QED) is 0.665. The molecule has 0 spiro atoms. The van der Waals surface area contributed by atoms with Gasteiger partial charge in [-0.1, -0.05) is 24.3 Å². The molecule has 3 heterocycles. The van der Waals surface area contributed by atoms with E-state index in [2.05, 4.69) is 0 Å². The summed E-state index contributed by atoms with van der Waals surface area (Å²) in [6, 6.07) is 10.3. The minimum Gasteiger partial charge on any atom is -0.387 e. The third-order valence-corrected chi connectivity index (χ3v) is 7.02. The number of fused-ring (bicyclic) bond motifs is 1. The van der Waals surface area contributed by atoms with Crippen LogP contribution in [0.15, 0.2) is 41.3 Å². The van der Waals surface area contributed by atoms with Crippen molar-refractivity contribution in [2.45, 2.75) is 48.0 Å². The van der Waals surface area contributed by atoms with Gasteiger partial charge < -0.3 is 29.3 Å². The Morgan fingerprint density at radius 3 is 2.14 bits per heavy atom. The van der Waals surface area contributed by atoms with Crippen LogP contribution in [-0.2, 0) is 28.5 Å². The maximum absolute atomic E-state index is 13.2. The van der Waals surface area contributed by atoms with Crippen LogP contribution >= 0.6 is 0 Å². The van der Waals surface area contributed by atoms with Gasteiger partial charge in [-0.2, -0.15) is 8.42 Å². The second-order valence-corrected chi connectivity index (χ2v) is 9.15. The number of benzene rings is 2. The Morgan fingerprint density at radius 1 is 0.897 bits per heavy atom. The zero-order valence-corrected chi connectivity index (χ0v) is 16.5. The van der Waals surface area contributed by atoms with Crippen molar-refractivity contribution in [1.82, 2.24) is 0 Å². The van der Waals surface area contributed by atoms with Crippen LogP contribution < -0.4 is 4.90 Å². The van der Waals surface area contributed by atoms with Gasteiger partial charge in [0.15, 0.2) is 0 Å². The standard InChI is InChI=1S/C19H21NO8S/c1-20(2)11-7-3-6-10-9(11)5-4-8-12(10)29(23,24)28-18-16-13(21)15-14(22)17(18)27-19(25-15)26-16/h3-8,13-19,21-22H,1-2H3/t13?,14?,15?,16-,17+,18?,19?. The van der Waals surface area contributed by atoms with Gasteiger partial charge in [0.05, 0.1) is 0 Å². The average molecular weight is 423 g/mol. The van der Waals surface area contributed by atoms with E-state index in [0.29, 0.717) is 5.39 Å². The number of aliphatic hydroxyl groups is 2. The summed E-state index contributed by atoms with van der Waals surface area (Å²) in [5.74, 6) is 0. The molecular weight excluding hydrogens is 402 g/mol. The van der Waals surface area contributed by atoms with Gasteiger partial charge in [0, 0.05) is 30.6 Å². The van der Waals surface area contributed by atoms with Crippen molar-refractivity contribution in [1.29, 1.82) is 0 Å². The monoisotopic (exact) mass is 423 g/mol. The summed E-state index contributed by atoms with van der Waals surface area (Å²) in [6.07, 6.45) is -6.52. The number of rotatable bonds is 4. The Labute approximate surface area is 167 Å². The van der Waals surface area contributed by atoms with Crippen molar-refractivity contribution in [2.24, 2.45) is 0 Å². The third-order valence-electron chi connectivity index (χ3n) is 5.65. The van der Waals surface area contributed by atoms with E-state index in [9.17, 15) is 18.6 Å². The van der Waals surface area contributed by atoms with Crippen LogP contribution in [0.25, 0.3) is 10.8 Å². The molecule has 3 saturated heterocycles. The van der Waals surface area contributed by atoms with Crippen molar-refractivity contribution in [3.8, 4) is 0 Å². The van der Waals surface area contributed by atoms with Gasteiger partial charge in [0.1, 0.15) is 41.5 Å². The van der Waals surface area contributed by atoms with Crippen LogP contribution in [0.4, 0.5) is 5.69 Å². The van der Waals surface area contributed by atoms with Crippen LogP contribution in [0.3, 0.4) is 0 Å². The Morgan fingerprint density at radius 2 is 1.48 bits per heavy atom. The zero-order valence-electron chi connectivity index (χ0n) is 15.7. The molecule has 2 aromatic rings. The summed E-state index contributed by atoms with van der Waals surface area (Å²) in [5.41, 5.74) is 0.865. The van der Waals surface area contributed by atoms with Gasteiger partial charge in [-0.15, -0.1) is 0 Å². The maximum atomic E-state index is 13.2. The average Bonchev–Trinajstić information content (AvgIpc) is 2.69. The van der Waals surface area contributed by atoms with E-state index in [1.54, 1.807) is 18.2 Å². The lowest BCUT2D eigenvalue weighted by Gasteiger charge is -2.56. The number of anilines is 1. The Hall–Kier alpha value is -1.79. The summed E-state index contributed by atoms with van der Waals surface area (Å²) in [5, 5.41) is 22.0. The fourth-order valence-electron chi connectivity index (χ4n) is 4.29. The summed E-state index contributed by atoms with van der Waals surface area (Å²) < 4.78 is 47.9. The van der Waals surface area contributed by atoms with Gasteiger partial charge in [-0.25, -0.2) is 0 Å². The highest BCUT2D eigenvalue weighted by Crippen LogP contribution is 2.42. The Balaban J connectivity index is 1.54. The molecule has 0 radical (unpaired) electrons. The third kappa shape index (κ3) is 2.87. The fourth-order valence-corrected chi connectivity index (χ4v) is 5.60. The van der Waals surface area contributed by atoms with E-state index in [0.717, 1.165) is 11.1 Å². The molecule has 2 aromatic carbocycles. The van der Waals surface area contributed by atoms with E-state index in [-0.39, 0.29) is 4.90 Å². The summed E-state index contributed by atoms with van der Waals surface area (Å²) >= 11 is 0. The predicted octanol–water partition coefficient (Wildman–Crippen LogP) is 0.181. The van der Waals surface area contributed by atoms with Crippen LogP contribution in [-0.4, -0.2) is 75.8 Å².